The molecule has 1 aromatic carbocycles. The molecule has 2 rings (SSSR count). The minimum atomic E-state index is -0.537. The minimum Gasteiger partial charge on any atom is -0.464 e. The van der Waals surface area contributed by atoms with Crippen LogP contribution >= 0.6 is 0 Å². The van der Waals surface area contributed by atoms with E-state index in [1.165, 1.54) is 7.11 Å². The number of nitrogens with one attached hydrogen (secondary N) is 1. The van der Waals surface area contributed by atoms with Crippen LogP contribution in [0.5, 0.6) is 0 Å². The molecule has 0 atom stereocenters. The maximum absolute atomic E-state index is 11.9. The summed E-state index contributed by atoms with van der Waals surface area (Å²) in [6.07, 6.45) is 0. The fraction of sp³-hybridized carbons (Fsp3) is 0.231. The lowest BCUT2D eigenvalue weighted by molar-refractivity contribution is 0.0594. The van der Waals surface area contributed by atoms with Crippen molar-refractivity contribution >= 4 is 16.7 Å². The van der Waals surface area contributed by atoms with E-state index in [9.17, 15) is 9.59 Å². The van der Waals surface area contributed by atoms with Gasteiger partial charge in [-0.15, -0.1) is 0 Å². The van der Waals surface area contributed by atoms with Crippen LogP contribution in [0.25, 0.3) is 10.8 Å². The highest BCUT2D eigenvalue weighted by atomic mass is 16.5. The smallest absolute Gasteiger partial charge is 0.354 e. The van der Waals surface area contributed by atoms with Crippen LogP contribution in [0.1, 0.15) is 21.6 Å². The van der Waals surface area contributed by atoms with E-state index in [4.69, 9.17) is 0 Å². The largest absolute Gasteiger partial charge is 0.464 e. The van der Waals surface area contributed by atoms with Crippen molar-refractivity contribution in [1.82, 2.24) is 4.98 Å². The highest BCUT2D eigenvalue weighted by molar-refractivity contribution is 5.95. The highest BCUT2D eigenvalue weighted by Gasteiger charge is 2.11. The molecule has 4 nitrogen and oxygen atoms in total. The first-order valence-corrected chi connectivity index (χ1v) is 5.26. The summed E-state index contributed by atoms with van der Waals surface area (Å²) in [5.41, 5.74) is 1.77. The van der Waals surface area contributed by atoms with Crippen LogP contribution in [0, 0.1) is 13.8 Å². The number of ether oxygens (including phenoxy) is 1. The van der Waals surface area contributed by atoms with Crippen molar-refractivity contribution in [3.63, 3.8) is 0 Å². The summed E-state index contributed by atoms with van der Waals surface area (Å²) in [4.78, 5) is 25.9. The van der Waals surface area contributed by atoms with E-state index in [-0.39, 0.29) is 11.3 Å². The van der Waals surface area contributed by atoms with Crippen molar-refractivity contribution in [1.29, 1.82) is 0 Å². The predicted octanol–water partition coefficient (Wildman–Crippen LogP) is 1.93. The van der Waals surface area contributed by atoms with Gasteiger partial charge in [0.05, 0.1) is 12.5 Å². The molecular weight excluding hydrogens is 218 g/mol. The highest BCUT2D eigenvalue weighted by Crippen LogP contribution is 2.19. The Bertz CT molecular complexity index is 655. The number of aromatic amines is 1. The zero-order valence-electron chi connectivity index (χ0n) is 9.96. The zero-order valence-corrected chi connectivity index (χ0v) is 9.96. The Balaban J connectivity index is 2.87. The Morgan fingerprint density at radius 1 is 1.24 bits per heavy atom. The summed E-state index contributed by atoms with van der Waals surface area (Å²) in [6.45, 7) is 3.77. The topological polar surface area (TPSA) is 59.2 Å². The van der Waals surface area contributed by atoms with Crippen LogP contribution in [0.15, 0.2) is 23.0 Å². The molecule has 88 valence electrons. The normalized spacial score (nSPS) is 10.5. The number of hydrogen-bond acceptors (Lipinski definition) is 3. The molecule has 1 aromatic heterocycles. The van der Waals surface area contributed by atoms with E-state index >= 15 is 0 Å². The van der Waals surface area contributed by atoms with Crippen molar-refractivity contribution in [3.8, 4) is 0 Å². The molecular formula is C13H13NO3. The first-order chi connectivity index (χ1) is 8.04. The van der Waals surface area contributed by atoms with E-state index in [1.54, 1.807) is 6.07 Å². The summed E-state index contributed by atoms with van der Waals surface area (Å²) >= 11 is 0. The molecule has 1 heterocycles. The fourth-order valence-electron chi connectivity index (χ4n) is 1.91. The number of aromatic nitrogens is 1. The molecule has 2 aromatic rings. The SMILES string of the molecule is COC(=O)c1cc2c(C)ccc(C)c2c(=O)[nH]1. The maximum atomic E-state index is 11.9. The van der Waals surface area contributed by atoms with Gasteiger partial charge in [-0.1, -0.05) is 12.1 Å². The molecule has 0 saturated carbocycles. The standard InChI is InChI=1S/C13H13NO3/c1-7-4-5-8(2)11-9(7)6-10(13(16)17-3)14-12(11)15/h4-6H,1-3H3,(H,14,15). The number of fused-ring (bicyclic) bond motifs is 1. The predicted molar refractivity (Wildman–Crippen MR) is 65.4 cm³/mol. The number of pyridine rings is 1. The lowest BCUT2D eigenvalue weighted by Gasteiger charge is -2.06. The third-order valence-corrected chi connectivity index (χ3v) is 2.84. The third kappa shape index (κ3) is 1.82. The second kappa shape index (κ2) is 4.05. The Morgan fingerprint density at radius 3 is 2.53 bits per heavy atom. The van der Waals surface area contributed by atoms with E-state index in [1.807, 2.05) is 26.0 Å². The van der Waals surface area contributed by atoms with Crippen molar-refractivity contribution in [2.45, 2.75) is 13.8 Å². The quantitative estimate of drug-likeness (QED) is 0.763. The Morgan fingerprint density at radius 2 is 1.88 bits per heavy atom. The molecule has 0 aliphatic carbocycles. The van der Waals surface area contributed by atoms with E-state index in [0.717, 1.165) is 16.5 Å². The number of benzene rings is 1. The number of H-pyrrole nitrogens is 1. The van der Waals surface area contributed by atoms with Crippen LogP contribution < -0.4 is 5.56 Å². The molecule has 0 radical (unpaired) electrons. The molecule has 4 heteroatoms. The molecule has 0 spiro atoms. The Hall–Kier alpha value is -2.10. The molecule has 0 aliphatic heterocycles. The Kier molecular flexibility index (Phi) is 2.71. The molecule has 0 fully saturated rings. The monoisotopic (exact) mass is 231 g/mol. The number of esters is 1. The van der Waals surface area contributed by atoms with E-state index < -0.39 is 5.97 Å². The van der Waals surface area contributed by atoms with Crippen LogP contribution in [-0.4, -0.2) is 18.1 Å². The van der Waals surface area contributed by atoms with Gasteiger partial charge in [0.25, 0.3) is 5.56 Å². The van der Waals surface area contributed by atoms with Gasteiger partial charge in [-0.05, 0) is 36.4 Å². The average molecular weight is 231 g/mol. The minimum absolute atomic E-state index is 0.179. The van der Waals surface area contributed by atoms with Crippen molar-refractivity contribution < 1.29 is 9.53 Å². The van der Waals surface area contributed by atoms with Gasteiger partial charge >= 0.3 is 5.97 Å². The van der Waals surface area contributed by atoms with Gasteiger partial charge in [-0.2, -0.15) is 0 Å². The third-order valence-electron chi connectivity index (χ3n) is 2.84. The summed E-state index contributed by atoms with van der Waals surface area (Å²) in [7, 11) is 1.29. The summed E-state index contributed by atoms with van der Waals surface area (Å²) in [5.74, 6) is -0.537. The van der Waals surface area contributed by atoms with Gasteiger partial charge in [0.15, 0.2) is 0 Å². The van der Waals surface area contributed by atoms with Crippen molar-refractivity contribution in [2.75, 3.05) is 7.11 Å². The van der Waals surface area contributed by atoms with Gasteiger partial charge in [0, 0.05) is 0 Å². The molecule has 0 unspecified atom stereocenters. The summed E-state index contributed by atoms with van der Waals surface area (Å²) in [5, 5.41) is 1.41. The first kappa shape index (κ1) is 11.4. The number of aryl methyl sites for hydroxylation is 2. The maximum Gasteiger partial charge on any atom is 0.354 e. The van der Waals surface area contributed by atoms with Crippen LogP contribution in [0.4, 0.5) is 0 Å². The lowest BCUT2D eigenvalue weighted by Crippen LogP contribution is -2.15. The summed E-state index contributed by atoms with van der Waals surface area (Å²) in [6, 6.07) is 5.48. The number of carbonyl (C=O) groups excluding carboxylic acids is 1. The molecule has 0 saturated heterocycles. The summed E-state index contributed by atoms with van der Waals surface area (Å²) < 4.78 is 4.60. The van der Waals surface area contributed by atoms with Gasteiger partial charge < -0.3 is 9.72 Å². The van der Waals surface area contributed by atoms with Crippen molar-refractivity contribution in [3.05, 3.63) is 45.4 Å². The zero-order chi connectivity index (χ0) is 12.6. The average Bonchev–Trinajstić information content (AvgIpc) is 2.32. The Labute approximate surface area is 98.2 Å². The van der Waals surface area contributed by atoms with Gasteiger partial charge in [-0.25, -0.2) is 4.79 Å². The lowest BCUT2D eigenvalue weighted by atomic mass is 10.0. The van der Waals surface area contributed by atoms with Crippen LogP contribution in [-0.2, 0) is 4.74 Å². The van der Waals surface area contributed by atoms with Crippen LogP contribution in [0.3, 0.4) is 0 Å². The van der Waals surface area contributed by atoms with E-state index in [0.29, 0.717) is 5.39 Å². The van der Waals surface area contributed by atoms with E-state index in [2.05, 4.69) is 9.72 Å². The van der Waals surface area contributed by atoms with Crippen LogP contribution in [0.2, 0.25) is 0 Å². The molecule has 17 heavy (non-hydrogen) atoms. The van der Waals surface area contributed by atoms with Crippen molar-refractivity contribution in [2.24, 2.45) is 0 Å². The van der Waals surface area contributed by atoms with Gasteiger partial charge in [0.2, 0.25) is 0 Å². The number of rotatable bonds is 1. The molecule has 0 aliphatic rings. The first-order valence-electron chi connectivity index (χ1n) is 5.26. The van der Waals surface area contributed by atoms with Gasteiger partial charge in [-0.3, -0.25) is 4.79 Å². The molecule has 0 amide bonds. The number of hydrogen-bond donors (Lipinski definition) is 1. The van der Waals surface area contributed by atoms with Gasteiger partial charge in [0.1, 0.15) is 5.69 Å². The fourth-order valence-corrected chi connectivity index (χ4v) is 1.91. The molecule has 0 bridgehead atoms. The number of carbonyl (C=O) groups is 1. The second-order valence-electron chi connectivity index (χ2n) is 3.99. The second-order valence-corrected chi connectivity index (χ2v) is 3.99. The number of methoxy groups -OCH3 is 1. The molecule has 1 N–H and O–H groups in total.